The van der Waals surface area contributed by atoms with Crippen LogP contribution in [0.3, 0.4) is 0 Å². The quantitative estimate of drug-likeness (QED) is 0.821. The van der Waals surface area contributed by atoms with Gasteiger partial charge in [0, 0.05) is 11.1 Å². The summed E-state index contributed by atoms with van der Waals surface area (Å²) in [5.74, 6) is -1.09. The van der Waals surface area contributed by atoms with Crippen LogP contribution < -0.4 is 4.74 Å². The maximum Gasteiger partial charge on any atom is 0.263 e. The molecule has 0 saturated carbocycles. The van der Waals surface area contributed by atoms with E-state index < -0.39 is 24.4 Å². The number of aliphatic hydroxyl groups excluding tert-OH is 1. The van der Waals surface area contributed by atoms with E-state index >= 15 is 0 Å². The van der Waals surface area contributed by atoms with Crippen LogP contribution in [0.15, 0.2) is 12.1 Å². The van der Waals surface area contributed by atoms with Crippen molar-refractivity contribution in [2.45, 2.75) is 13.0 Å². The van der Waals surface area contributed by atoms with Crippen molar-refractivity contribution >= 4 is 0 Å². The van der Waals surface area contributed by atoms with Crippen LogP contribution in [0.5, 0.6) is 5.75 Å². The van der Waals surface area contributed by atoms with E-state index in [0.29, 0.717) is 6.07 Å². The van der Waals surface area contributed by atoms with Gasteiger partial charge in [0.15, 0.2) is 11.6 Å². The number of hydrogen-bond donors (Lipinski definition) is 1. The SMILES string of the molecule is COc1c(F)cc(C(F)F)cc1CO. The van der Waals surface area contributed by atoms with Crippen molar-refractivity contribution in [3.63, 3.8) is 0 Å². The predicted octanol–water partition coefficient (Wildman–Crippen LogP) is 2.26. The van der Waals surface area contributed by atoms with Crippen molar-refractivity contribution in [2.24, 2.45) is 0 Å². The molecular weight excluding hydrogens is 197 g/mol. The summed E-state index contributed by atoms with van der Waals surface area (Å²) < 4.78 is 42.1. The van der Waals surface area contributed by atoms with Crippen LogP contribution in [0.4, 0.5) is 13.2 Å². The molecule has 0 heterocycles. The Labute approximate surface area is 78.9 Å². The van der Waals surface area contributed by atoms with Crippen LogP contribution in [0.25, 0.3) is 0 Å². The number of methoxy groups -OCH3 is 1. The number of aliphatic hydroxyl groups is 1. The zero-order chi connectivity index (χ0) is 10.7. The first kappa shape index (κ1) is 10.8. The third kappa shape index (κ3) is 1.98. The molecule has 5 heteroatoms. The third-order valence-electron chi connectivity index (χ3n) is 1.77. The van der Waals surface area contributed by atoms with Gasteiger partial charge in [0.1, 0.15) is 0 Å². The molecule has 0 fully saturated rings. The zero-order valence-electron chi connectivity index (χ0n) is 7.43. The van der Waals surface area contributed by atoms with E-state index in [2.05, 4.69) is 4.74 Å². The minimum atomic E-state index is -2.76. The van der Waals surface area contributed by atoms with Crippen LogP contribution in [-0.2, 0) is 6.61 Å². The van der Waals surface area contributed by atoms with Crippen LogP contribution >= 0.6 is 0 Å². The smallest absolute Gasteiger partial charge is 0.263 e. The topological polar surface area (TPSA) is 29.5 Å². The molecule has 1 aromatic rings. The molecule has 0 aliphatic carbocycles. The Morgan fingerprint density at radius 1 is 1.43 bits per heavy atom. The van der Waals surface area contributed by atoms with Gasteiger partial charge < -0.3 is 9.84 Å². The first-order valence-corrected chi connectivity index (χ1v) is 3.85. The average Bonchev–Trinajstić information content (AvgIpc) is 2.16. The van der Waals surface area contributed by atoms with E-state index in [1.807, 2.05) is 0 Å². The van der Waals surface area contributed by atoms with Gasteiger partial charge in [0.2, 0.25) is 0 Å². The van der Waals surface area contributed by atoms with E-state index in [0.717, 1.165) is 6.07 Å². The van der Waals surface area contributed by atoms with Gasteiger partial charge in [0.25, 0.3) is 6.43 Å². The Morgan fingerprint density at radius 3 is 2.50 bits per heavy atom. The molecule has 78 valence electrons. The molecule has 1 aromatic carbocycles. The van der Waals surface area contributed by atoms with Crippen molar-refractivity contribution in [3.05, 3.63) is 29.1 Å². The number of rotatable bonds is 3. The molecule has 0 amide bonds. The molecule has 1 N–H and O–H groups in total. The standard InChI is InChI=1S/C9H9F3O2/c1-14-8-6(4-13)2-5(9(11)12)3-7(8)10/h2-3,9,13H,4H2,1H3. The Kier molecular flexibility index (Phi) is 3.35. The van der Waals surface area contributed by atoms with Crippen molar-refractivity contribution in [2.75, 3.05) is 7.11 Å². The summed E-state index contributed by atoms with van der Waals surface area (Å²) in [6, 6.07) is 1.72. The van der Waals surface area contributed by atoms with Crippen LogP contribution in [0.1, 0.15) is 17.6 Å². The number of halogens is 3. The summed E-state index contributed by atoms with van der Waals surface area (Å²) in [5.41, 5.74) is -0.449. The second-order valence-electron chi connectivity index (χ2n) is 2.65. The van der Waals surface area contributed by atoms with E-state index in [9.17, 15) is 13.2 Å². The number of ether oxygens (including phenoxy) is 1. The highest BCUT2D eigenvalue weighted by Gasteiger charge is 2.15. The monoisotopic (exact) mass is 206 g/mol. The van der Waals surface area contributed by atoms with Gasteiger partial charge >= 0.3 is 0 Å². The Hall–Kier alpha value is -1.23. The van der Waals surface area contributed by atoms with Crippen LogP contribution in [-0.4, -0.2) is 12.2 Å². The van der Waals surface area contributed by atoms with E-state index in [-0.39, 0.29) is 11.3 Å². The largest absolute Gasteiger partial charge is 0.493 e. The summed E-state index contributed by atoms with van der Waals surface area (Å²) >= 11 is 0. The molecule has 0 radical (unpaired) electrons. The number of alkyl halides is 2. The van der Waals surface area contributed by atoms with Gasteiger partial charge in [0.05, 0.1) is 13.7 Å². The minimum absolute atomic E-state index is 0.0165. The molecule has 0 spiro atoms. The van der Waals surface area contributed by atoms with Gasteiger partial charge in [-0.25, -0.2) is 13.2 Å². The normalized spacial score (nSPS) is 10.7. The molecule has 2 nitrogen and oxygen atoms in total. The molecule has 0 aromatic heterocycles. The van der Waals surface area contributed by atoms with Crippen LogP contribution in [0, 0.1) is 5.82 Å². The second-order valence-corrected chi connectivity index (χ2v) is 2.65. The molecule has 0 aliphatic rings. The van der Waals surface area contributed by atoms with E-state index in [1.165, 1.54) is 7.11 Å². The maximum atomic E-state index is 13.1. The highest BCUT2D eigenvalue weighted by molar-refractivity contribution is 5.38. The Balaban J connectivity index is 3.24. The fourth-order valence-corrected chi connectivity index (χ4v) is 1.15. The predicted molar refractivity (Wildman–Crippen MR) is 43.8 cm³/mol. The fraction of sp³-hybridized carbons (Fsp3) is 0.333. The summed E-state index contributed by atoms with van der Waals surface area (Å²) in [6.07, 6.45) is -2.76. The minimum Gasteiger partial charge on any atom is -0.493 e. The summed E-state index contributed by atoms with van der Waals surface area (Å²) in [4.78, 5) is 0. The van der Waals surface area contributed by atoms with Crippen molar-refractivity contribution < 1.29 is 23.0 Å². The van der Waals surface area contributed by atoms with E-state index in [4.69, 9.17) is 5.11 Å². The molecular formula is C9H9F3O2. The zero-order valence-corrected chi connectivity index (χ0v) is 7.43. The lowest BCUT2D eigenvalue weighted by molar-refractivity contribution is 0.150. The molecule has 0 bridgehead atoms. The summed E-state index contributed by atoms with van der Waals surface area (Å²) in [5, 5.41) is 8.79. The van der Waals surface area contributed by atoms with Crippen molar-refractivity contribution in [1.29, 1.82) is 0 Å². The summed E-state index contributed by atoms with van der Waals surface area (Å²) in [7, 11) is 1.21. The molecule has 14 heavy (non-hydrogen) atoms. The lowest BCUT2D eigenvalue weighted by Crippen LogP contribution is -1.98. The lowest BCUT2D eigenvalue weighted by atomic mass is 10.1. The first-order chi connectivity index (χ1) is 6.60. The van der Waals surface area contributed by atoms with Gasteiger partial charge in [-0.05, 0) is 12.1 Å². The number of hydrogen-bond acceptors (Lipinski definition) is 2. The third-order valence-corrected chi connectivity index (χ3v) is 1.77. The molecule has 0 saturated heterocycles. The Bertz CT molecular complexity index is 326. The average molecular weight is 206 g/mol. The second kappa shape index (κ2) is 4.32. The Morgan fingerprint density at radius 2 is 2.07 bits per heavy atom. The lowest BCUT2D eigenvalue weighted by Gasteiger charge is -2.09. The summed E-state index contributed by atoms with van der Waals surface area (Å²) in [6.45, 7) is -0.541. The van der Waals surface area contributed by atoms with Gasteiger partial charge in [-0.2, -0.15) is 0 Å². The number of benzene rings is 1. The fourth-order valence-electron chi connectivity index (χ4n) is 1.15. The van der Waals surface area contributed by atoms with Gasteiger partial charge in [-0.1, -0.05) is 0 Å². The molecule has 0 atom stereocenters. The maximum absolute atomic E-state index is 13.1. The molecule has 0 aliphatic heterocycles. The highest BCUT2D eigenvalue weighted by Crippen LogP contribution is 2.29. The molecule has 1 rings (SSSR count). The van der Waals surface area contributed by atoms with Crippen LogP contribution in [0.2, 0.25) is 0 Å². The highest BCUT2D eigenvalue weighted by atomic mass is 19.3. The van der Waals surface area contributed by atoms with Gasteiger partial charge in [-0.15, -0.1) is 0 Å². The molecule has 0 unspecified atom stereocenters. The van der Waals surface area contributed by atoms with E-state index in [1.54, 1.807) is 0 Å². The van der Waals surface area contributed by atoms with Crippen molar-refractivity contribution in [1.82, 2.24) is 0 Å². The van der Waals surface area contributed by atoms with Gasteiger partial charge in [-0.3, -0.25) is 0 Å². The van der Waals surface area contributed by atoms with Crippen molar-refractivity contribution in [3.8, 4) is 5.75 Å². The first-order valence-electron chi connectivity index (χ1n) is 3.85.